The summed E-state index contributed by atoms with van der Waals surface area (Å²) in [4.78, 5) is 11.4. The fourth-order valence-electron chi connectivity index (χ4n) is 1.54. The summed E-state index contributed by atoms with van der Waals surface area (Å²) in [6.07, 6.45) is 1.64. The maximum absolute atomic E-state index is 11.4. The second-order valence-corrected chi connectivity index (χ2v) is 5.57. The van der Waals surface area contributed by atoms with Gasteiger partial charge in [0.2, 0.25) is 0 Å². The highest BCUT2D eigenvalue weighted by atomic mass is 16.5. The Morgan fingerprint density at radius 3 is 2.65 bits per heavy atom. The van der Waals surface area contributed by atoms with Crippen LogP contribution in [0.4, 0.5) is 4.79 Å². The van der Waals surface area contributed by atoms with E-state index in [1.807, 2.05) is 45.0 Å². The summed E-state index contributed by atoms with van der Waals surface area (Å²) in [5.74, 6) is 0. The first-order valence-corrected chi connectivity index (χ1v) is 6.75. The lowest BCUT2D eigenvalue weighted by atomic mass is 10.1. The van der Waals surface area contributed by atoms with Crippen molar-refractivity contribution >= 4 is 6.03 Å². The summed E-state index contributed by atoms with van der Waals surface area (Å²) in [7, 11) is 0. The van der Waals surface area contributed by atoms with Gasteiger partial charge in [0.05, 0.1) is 12.2 Å². The van der Waals surface area contributed by atoms with Gasteiger partial charge in [-0.05, 0) is 31.9 Å². The molecule has 0 aliphatic heterocycles. The van der Waals surface area contributed by atoms with Gasteiger partial charge in [-0.2, -0.15) is 0 Å². The number of hydrogen-bond acceptors (Lipinski definition) is 2. The maximum Gasteiger partial charge on any atom is 0.315 e. The van der Waals surface area contributed by atoms with Crippen molar-refractivity contribution in [1.29, 1.82) is 0 Å². The third kappa shape index (κ3) is 6.95. The van der Waals surface area contributed by atoms with Gasteiger partial charge in [-0.3, -0.25) is 0 Å². The van der Waals surface area contributed by atoms with Gasteiger partial charge in [-0.1, -0.05) is 30.3 Å². The van der Waals surface area contributed by atoms with Gasteiger partial charge < -0.3 is 15.4 Å². The second kappa shape index (κ2) is 7.70. The van der Waals surface area contributed by atoms with Crippen LogP contribution in [0, 0.1) is 0 Å². The third-order valence-electron chi connectivity index (χ3n) is 2.52. The molecule has 0 spiro atoms. The standard InChI is InChI=1S/C16H24N2O2/c1-5-9-17-15(19)18-11-13-7-6-8-14(10-13)12-20-16(2,3)4/h5-8,10H,1,9,11-12H2,2-4H3,(H2,17,18,19). The van der Waals surface area contributed by atoms with Crippen LogP contribution < -0.4 is 10.6 Å². The van der Waals surface area contributed by atoms with Crippen LogP contribution in [-0.4, -0.2) is 18.2 Å². The summed E-state index contributed by atoms with van der Waals surface area (Å²) in [5.41, 5.74) is 2.00. The molecular formula is C16H24N2O2. The highest BCUT2D eigenvalue weighted by Crippen LogP contribution is 2.13. The van der Waals surface area contributed by atoms with Crippen LogP contribution in [0.25, 0.3) is 0 Å². The van der Waals surface area contributed by atoms with Gasteiger partial charge >= 0.3 is 6.03 Å². The first kappa shape index (κ1) is 16.2. The molecule has 20 heavy (non-hydrogen) atoms. The number of carbonyl (C=O) groups excluding carboxylic acids is 1. The Hall–Kier alpha value is -1.81. The summed E-state index contributed by atoms with van der Waals surface area (Å²) in [6.45, 7) is 11.2. The Morgan fingerprint density at radius 2 is 2.00 bits per heavy atom. The molecule has 1 rings (SSSR count). The number of carbonyl (C=O) groups is 1. The van der Waals surface area contributed by atoms with Crippen molar-refractivity contribution in [3.8, 4) is 0 Å². The zero-order chi connectivity index (χ0) is 15.0. The van der Waals surface area contributed by atoms with Crippen LogP contribution in [0.3, 0.4) is 0 Å². The molecule has 0 heterocycles. The summed E-state index contributed by atoms with van der Waals surface area (Å²) in [5, 5.41) is 5.46. The van der Waals surface area contributed by atoms with E-state index >= 15 is 0 Å². The van der Waals surface area contributed by atoms with E-state index in [-0.39, 0.29) is 11.6 Å². The van der Waals surface area contributed by atoms with Crippen LogP contribution in [0.5, 0.6) is 0 Å². The average Bonchev–Trinajstić information content (AvgIpc) is 2.40. The third-order valence-corrected chi connectivity index (χ3v) is 2.52. The Balaban J connectivity index is 2.47. The lowest BCUT2D eigenvalue weighted by molar-refractivity contribution is -0.0149. The minimum atomic E-state index is -0.193. The molecule has 0 unspecified atom stereocenters. The number of urea groups is 1. The van der Waals surface area contributed by atoms with Crippen molar-refractivity contribution < 1.29 is 9.53 Å². The van der Waals surface area contributed by atoms with Crippen LogP contribution in [0.15, 0.2) is 36.9 Å². The average molecular weight is 276 g/mol. The molecule has 0 bridgehead atoms. The second-order valence-electron chi connectivity index (χ2n) is 5.57. The van der Waals surface area contributed by atoms with Crippen molar-refractivity contribution in [2.24, 2.45) is 0 Å². The Bertz CT molecular complexity index is 450. The van der Waals surface area contributed by atoms with Crippen molar-refractivity contribution in [3.63, 3.8) is 0 Å². The van der Waals surface area contributed by atoms with E-state index in [1.54, 1.807) is 6.08 Å². The van der Waals surface area contributed by atoms with Gasteiger partial charge in [0.25, 0.3) is 0 Å². The number of ether oxygens (including phenoxy) is 1. The minimum absolute atomic E-state index is 0.154. The van der Waals surface area contributed by atoms with E-state index in [0.29, 0.717) is 19.7 Å². The van der Waals surface area contributed by atoms with Crippen LogP contribution in [0.1, 0.15) is 31.9 Å². The van der Waals surface area contributed by atoms with Crippen molar-refractivity contribution in [1.82, 2.24) is 10.6 Å². The molecule has 0 radical (unpaired) electrons. The van der Waals surface area contributed by atoms with Crippen LogP contribution >= 0.6 is 0 Å². The molecule has 2 N–H and O–H groups in total. The molecule has 1 aromatic rings. The molecule has 1 aromatic carbocycles. The fraction of sp³-hybridized carbons (Fsp3) is 0.438. The monoisotopic (exact) mass is 276 g/mol. The molecular weight excluding hydrogens is 252 g/mol. The molecule has 4 heteroatoms. The topological polar surface area (TPSA) is 50.4 Å². The van der Waals surface area contributed by atoms with E-state index in [9.17, 15) is 4.79 Å². The number of rotatable bonds is 6. The van der Waals surface area contributed by atoms with Crippen molar-refractivity contribution in [3.05, 3.63) is 48.0 Å². The predicted molar refractivity (Wildman–Crippen MR) is 81.4 cm³/mol. The number of benzene rings is 1. The van der Waals surface area contributed by atoms with E-state index in [2.05, 4.69) is 17.2 Å². The van der Waals surface area contributed by atoms with Gasteiger partial charge in [0.1, 0.15) is 0 Å². The van der Waals surface area contributed by atoms with Crippen LogP contribution in [0.2, 0.25) is 0 Å². The number of amides is 2. The first-order chi connectivity index (χ1) is 9.40. The van der Waals surface area contributed by atoms with E-state index < -0.39 is 0 Å². The number of nitrogens with one attached hydrogen (secondary N) is 2. The molecule has 0 aliphatic rings. The quantitative estimate of drug-likeness (QED) is 0.785. The van der Waals surface area contributed by atoms with Crippen molar-refractivity contribution in [2.45, 2.75) is 39.5 Å². The highest BCUT2D eigenvalue weighted by molar-refractivity contribution is 5.73. The van der Waals surface area contributed by atoms with E-state index in [0.717, 1.165) is 11.1 Å². The molecule has 0 fully saturated rings. The summed E-state index contributed by atoms with van der Waals surface area (Å²) >= 11 is 0. The van der Waals surface area contributed by atoms with E-state index in [4.69, 9.17) is 4.74 Å². The molecule has 0 saturated heterocycles. The first-order valence-electron chi connectivity index (χ1n) is 6.75. The summed E-state index contributed by atoms with van der Waals surface area (Å²) < 4.78 is 5.74. The predicted octanol–water partition coefficient (Wildman–Crippen LogP) is 2.99. The van der Waals surface area contributed by atoms with Crippen molar-refractivity contribution in [2.75, 3.05) is 6.54 Å². The fourth-order valence-corrected chi connectivity index (χ4v) is 1.54. The van der Waals surface area contributed by atoms with Gasteiger partial charge in [0.15, 0.2) is 0 Å². The lowest BCUT2D eigenvalue weighted by Crippen LogP contribution is -2.34. The Kier molecular flexibility index (Phi) is 6.25. The Labute approximate surface area is 121 Å². The zero-order valence-electron chi connectivity index (χ0n) is 12.5. The highest BCUT2D eigenvalue weighted by Gasteiger charge is 2.10. The van der Waals surface area contributed by atoms with Gasteiger partial charge in [-0.15, -0.1) is 6.58 Å². The van der Waals surface area contributed by atoms with Crippen LogP contribution in [-0.2, 0) is 17.9 Å². The minimum Gasteiger partial charge on any atom is -0.371 e. The smallest absolute Gasteiger partial charge is 0.315 e. The maximum atomic E-state index is 11.4. The number of hydrogen-bond donors (Lipinski definition) is 2. The molecule has 0 saturated carbocycles. The zero-order valence-corrected chi connectivity index (χ0v) is 12.5. The molecule has 2 amide bonds. The SMILES string of the molecule is C=CCNC(=O)NCc1cccc(COC(C)(C)C)c1. The normalized spacial score (nSPS) is 10.9. The molecule has 0 atom stereocenters. The Morgan fingerprint density at radius 1 is 1.30 bits per heavy atom. The largest absolute Gasteiger partial charge is 0.371 e. The lowest BCUT2D eigenvalue weighted by Gasteiger charge is -2.19. The molecule has 4 nitrogen and oxygen atoms in total. The van der Waals surface area contributed by atoms with Gasteiger partial charge in [-0.25, -0.2) is 4.79 Å². The molecule has 110 valence electrons. The van der Waals surface area contributed by atoms with Gasteiger partial charge in [0, 0.05) is 13.1 Å². The molecule has 0 aliphatic carbocycles. The van der Waals surface area contributed by atoms with E-state index in [1.165, 1.54) is 0 Å². The summed E-state index contributed by atoms with van der Waals surface area (Å²) in [6, 6.07) is 7.82. The molecule has 0 aromatic heterocycles.